The number of hydrogen-bond acceptors (Lipinski definition) is 5. The number of allylic oxidation sites excluding steroid dienone is 1. The van der Waals surface area contributed by atoms with Gasteiger partial charge in [-0.3, -0.25) is 9.59 Å². The van der Waals surface area contributed by atoms with Crippen molar-refractivity contribution in [1.82, 2.24) is 5.32 Å². The molecule has 28 heavy (non-hydrogen) atoms. The van der Waals surface area contributed by atoms with E-state index in [0.717, 1.165) is 11.8 Å². The van der Waals surface area contributed by atoms with E-state index in [-0.39, 0.29) is 17.1 Å². The maximum atomic E-state index is 13.9. The van der Waals surface area contributed by atoms with Crippen LogP contribution in [-0.4, -0.2) is 19.0 Å². The minimum absolute atomic E-state index is 0.234. The van der Waals surface area contributed by atoms with Gasteiger partial charge in [-0.05, 0) is 17.2 Å². The molecule has 1 N–H and O–H groups in total. The van der Waals surface area contributed by atoms with E-state index in [2.05, 4.69) is 11.4 Å². The Hall–Kier alpha value is -3.11. The number of thioether (sulfide) groups is 1. The topological polar surface area (TPSA) is 79.2 Å². The molecule has 0 saturated carbocycles. The molecule has 1 heterocycles. The first-order valence-electron chi connectivity index (χ1n) is 8.51. The molecule has 1 amide bonds. The van der Waals surface area contributed by atoms with Gasteiger partial charge in [-0.15, -0.1) is 11.8 Å². The number of carbonyl (C=O) groups is 2. The molecule has 0 unspecified atom stereocenters. The van der Waals surface area contributed by atoms with E-state index in [4.69, 9.17) is 4.74 Å². The van der Waals surface area contributed by atoms with Gasteiger partial charge < -0.3 is 10.1 Å². The first-order valence-corrected chi connectivity index (χ1v) is 9.49. The summed E-state index contributed by atoms with van der Waals surface area (Å²) in [6.07, 6.45) is 0. The highest BCUT2D eigenvalue weighted by molar-refractivity contribution is 8.02. The molecule has 0 aromatic heterocycles. The third kappa shape index (κ3) is 3.92. The monoisotopic (exact) mass is 396 g/mol. The number of rotatable bonds is 5. The molecule has 7 heteroatoms. The van der Waals surface area contributed by atoms with Crippen LogP contribution in [0.3, 0.4) is 0 Å². The highest BCUT2D eigenvalue weighted by Crippen LogP contribution is 2.40. The molecule has 2 aromatic rings. The Morgan fingerprint density at radius 1 is 1.21 bits per heavy atom. The SMILES string of the molecule is COC(=O)[C@H]1C(=O)NC(SCc2ccccc2F)=C(C#N)[C@H]1c1ccccc1. The molecular weight excluding hydrogens is 379 g/mol. The molecule has 0 radical (unpaired) electrons. The van der Waals surface area contributed by atoms with Crippen LogP contribution < -0.4 is 5.32 Å². The van der Waals surface area contributed by atoms with Crippen molar-refractivity contribution in [2.45, 2.75) is 11.7 Å². The Bertz CT molecular complexity index is 969. The van der Waals surface area contributed by atoms with Gasteiger partial charge in [0.2, 0.25) is 5.91 Å². The summed E-state index contributed by atoms with van der Waals surface area (Å²) in [4.78, 5) is 25.0. The van der Waals surface area contributed by atoms with Crippen LogP contribution in [0.2, 0.25) is 0 Å². The smallest absolute Gasteiger partial charge is 0.319 e. The van der Waals surface area contributed by atoms with Gasteiger partial charge in [0.05, 0.1) is 23.8 Å². The summed E-state index contributed by atoms with van der Waals surface area (Å²) >= 11 is 1.15. The third-order valence-corrected chi connectivity index (χ3v) is 5.54. The van der Waals surface area contributed by atoms with Crippen LogP contribution in [0.15, 0.2) is 65.2 Å². The summed E-state index contributed by atoms with van der Waals surface area (Å²) in [5.41, 5.74) is 1.37. The highest BCUT2D eigenvalue weighted by atomic mass is 32.2. The number of nitriles is 1. The second-order valence-electron chi connectivity index (χ2n) is 6.11. The molecule has 142 valence electrons. The van der Waals surface area contributed by atoms with E-state index in [0.29, 0.717) is 16.2 Å². The summed E-state index contributed by atoms with van der Waals surface area (Å²) in [6.45, 7) is 0. The predicted molar refractivity (Wildman–Crippen MR) is 103 cm³/mol. The first kappa shape index (κ1) is 19.6. The molecule has 0 spiro atoms. The van der Waals surface area contributed by atoms with Crippen molar-refractivity contribution in [3.63, 3.8) is 0 Å². The average molecular weight is 396 g/mol. The molecule has 0 bridgehead atoms. The van der Waals surface area contributed by atoms with Crippen LogP contribution in [0.4, 0.5) is 4.39 Å². The molecule has 0 aliphatic carbocycles. The van der Waals surface area contributed by atoms with Crippen molar-refractivity contribution in [2.75, 3.05) is 7.11 Å². The van der Waals surface area contributed by atoms with E-state index >= 15 is 0 Å². The summed E-state index contributed by atoms with van der Waals surface area (Å²) in [6, 6.07) is 17.3. The second-order valence-corrected chi connectivity index (χ2v) is 7.10. The number of nitrogens with zero attached hydrogens (tertiary/aromatic N) is 1. The lowest BCUT2D eigenvalue weighted by molar-refractivity contribution is -0.150. The Morgan fingerprint density at radius 3 is 2.54 bits per heavy atom. The zero-order valence-corrected chi connectivity index (χ0v) is 15.8. The van der Waals surface area contributed by atoms with Crippen molar-refractivity contribution < 1.29 is 18.7 Å². The fraction of sp³-hybridized carbons (Fsp3) is 0.190. The Morgan fingerprint density at radius 2 is 1.89 bits per heavy atom. The largest absolute Gasteiger partial charge is 0.468 e. The number of ether oxygens (including phenoxy) is 1. The summed E-state index contributed by atoms with van der Waals surface area (Å²) in [5, 5.41) is 12.8. The molecule has 1 aliphatic rings. The van der Waals surface area contributed by atoms with E-state index in [1.807, 2.05) is 6.07 Å². The van der Waals surface area contributed by atoms with Gasteiger partial charge in [0.25, 0.3) is 0 Å². The third-order valence-electron chi connectivity index (χ3n) is 4.47. The number of methoxy groups -OCH3 is 1. The standard InChI is InChI=1S/C21H17FN2O3S/c1-27-21(26)18-17(13-7-3-2-4-8-13)15(11-23)20(24-19(18)25)28-12-14-9-5-6-10-16(14)22/h2-10,17-18H,12H2,1H3,(H,24,25)/t17-,18-/m1/s1. The average Bonchev–Trinajstić information content (AvgIpc) is 2.72. The minimum Gasteiger partial charge on any atom is -0.468 e. The number of halogens is 1. The predicted octanol–water partition coefficient (Wildman–Crippen LogP) is 3.50. The van der Waals surface area contributed by atoms with E-state index in [1.54, 1.807) is 42.5 Å². The summed E-state index contributed by atoms with van der Waals surface area (Å²) < 4.78 is 18.7. The van der Waals surface area contributed by atoms with E-state index in [9.17, 15) is 19.2 Å². The maximum absolute atomic E-state index is 13.9. The van der Waals surface area contributed by atoms with E-state index in [1.165, 1.54) is 13.2 Å². The fourth-order valence-electron chi connectivity index (χ4n) is 3.11. The quantitative estimate of drug-likeness (QED) is 0.618. The molecule has 0 saturated heterocycles. The van der Waals surface area contributed by atoms with Crippen molar-refractivity contribution in [3.8, 4) is 6.07 Å². The van der Waals surface area contributed by atoms with Crippen molar-refractivity contribution in [2.24, 2.45) is 5.92 Å². The maximum Gasteiger partial charge on any atom is 0.319 e. The van der Waals surface area contributed by atoms with Crippen molar-refractivity contribution in [1.29, 1.82) is 5.26 Å². The fourth-order valence-corrected chi connectivity index (χ4v) is 4.14. The van der Waals surface area contributed by atoms with Crippen LogP contribution in [0.5, 0.6) is 0 Å². The van der Waals surface area contributed by atoms with E-state index < -0.39 is 23.7 Å². The first-order chi connectivity index (χ1) is 13.6. The highest BCUT2D eigenvalue weighted by Gasteiger charge is 2.44. The molecule has 2 aromatic carbocycles. The van der Waals surface area contributed by atoms with Gasteiger partial charge in [-0.25, -0.2) is 4.39 Å². The van der Waals surface area contributed by atoms with Gasteiger partial charge in [-0.1, -0.05) is 48.5 Å². The molecule has 5 nitrogen and oxygen atoms in total. The number of benzene rings is 2. The molecule has 1 aliphatic heterocycles. The lowest BCUT2D eigenvalue weighted by Gasteiger charge is -2.31. The number of carbonyl (C=O) groups excluding carboxylic acids is 2. The second kappa shape index (κ2) is 8.72. The molecule has 2 atom stereocenters. The van der Waals surface area contributed by atoms with Crippen molar-refractivity contribution in [3.05, 3.63) is 82.1 Å². The Balaban J connectivity index is 2.01. The zero-order chi connectivity index (χ0) is 20.1. The number of amides is 1. The van der Waals surface area contributed by atoms with Crippen LogP contribution in [0, 0.1) is 23.1 Å². The summed E-state index contributed by atoms with van der Waals surface area (Å²) in [7, 11) is 1.20. The van der Waals surface area contributed by atoms with Gasteiger partial charge in [0, 0.05) is 11.7 Å². The molecule has 0 fully saturated rings. The normalized spacial score (nSPS) is 19.0. The lowest BCUT2D eigenvalue weighted by atomic mass is 9.78. The van der Waals surface area contributed by atoms with Crippen LogP contribution in [-0.2, 0) is 20.1 Å². The van der Waals surface area contributed by atoms with Crippen molar-refractivity contribution >= 4 is 23.6 Å². The van der Waals surface area contributed by atoms with Gasteiger partial charge in [0.15, 0.2) is 0 Å². The van der Waals surface area contributed by atoms with Crippen LogP contribution in [0.1, 0.15) is 17.0 Å². The minimum atomic E-state index is -1.17. The van der Waals surface area contributed by atoms with Crippen LogP contribution in [0.25, 0.3) is 0 Å². The van der Waals surface area contributed by atoms with Gasteiger partial charge >= 0.3 is 5.97 Å². The Labute approximate surface area is 166 Å². The number of esters is 1. The van der Waals surface area contributed by atoms with Crippen LogP contribution >= 0.6 is 11.8 Å². The number of hydrogen-bond donors (Lipinski definition) is 1. The van der Waals surface area contributed by atoms with Gasteiger partial charge in [-0.2, -0.15) is 5.26 Å². The number of nitrogens with one attached hydrogen (secondary N) is 1. The van der Waals surface area contributed by atoms with Gasteiger partial charge in [0.1, 0.15) is 11.7 Å². The molecule has 3 rings (SSSR count). The summed E-state index contributed by atoms with van der Waals surface area (Å²) in [5.74, 6) is -3.32. The lowest BCUT2D eigenvalue weighted by Crippen LogP contribution is -2.44. The Kier molecular flexibility index (Phi) is 6.12. The zero-order valence-electron chi connectivity index (χ0n) is 15.0. The molecular formula is C21H17FN2O3S.